The second kappa shape index (κ2) is 12.0. The second-order valence-corrected chi connectivity index (χ2v) is 13.7. The summed E-state index contributed by atoms with van der Waals surface area (Å²) >= 11 is 3.53. The average molecular weight is 637 g/mol. The summed E-state index contributed by atoms with van der Waals surface area (Å²) in [5.74, 6) is 0.0553. The number of alkyl carbamates (subject to hydrolysis) is 1. The van der Waals surface area contributed by atoms with Crippen molar-refractivity contribution in [2.45, 2.75) is 118 Å². The second-order valence-electron chi connectivity index (χ2n) is 13.0. The average Bonchev–Trinajstić information content (AvgIpc) is 3.13. The first-order valence-electron chi connectivity index (χ1n) is 13.8. The highest BCUT2D eigenvalue weighted by atomic mass is 79.9. The molecule has 1 aliphatic carbocycles. The molecule has 0 saturated carbocycles. The maximum absolute atomic E-state index is 13.4. The number of aromatic nitrogens is 3. The fourth-order valence-electron chi connectivity index (χ4n) is 4.34. The number of ether oxygens (including phenoxy) is 3. The Morgan fingerprint density at radius 1 is 1.00 bits per heavy atom. The molecule has 2 aromatic rings. The molecule has 3 amide bonds. The van der Waals surface area contributed by atoms with Crippen LogP contribution in [-0.2, 0) is 20.8 Å². The van der Waals surface area contributed by atoms with Crippen LogP contribution in [0.4, 0.5) is 20.2 Å². The zero-order chi connectivity index (χ0) is 30.9. The van der Waals surface area contributed by atoms with Gasteiger partial charge >= 0.3 is 18.3 Å². The van der Waals surface area contributed by atoms with Gasteiger partial charge in [-0.1, -0.05) is 6.08 Å². The van der Waals surface area contributed by atoms with Crippen LogP contribution in [0, 0.1) is 0 Å². The SMILES string of the molecule is CCn1nc(Br)c2c(N(C(=O)OC(C)(C)C)C(=O)OC(C)(C)C)ncc(C3=CCC(NC(=O)OC(C)(C)C)CC3)c21. The third-order valence-electron chi connectivity index (χ3n) is 5.85. The molecule has 0 aromatic carbocycles. The number of pyridine rings is 1. The van der Waals surface area contributed by atoms with Crippen LogP contribution in [0.2, 0.25) is 0 Å². The Morgan fingerprint density at radius 3 is 2.02 bits per heavy atom. The molecule has 226 valence electrons. The molecule has 0 fully saturated rings. The third kappa shape index (κ3) is 8.43. The van der Waals surface area contributed by atoms with Crippen molar-refractivity contribution in [1.82, 2.24) is 20.1 Å². The van der Waals surface area contributed by atoms with Gasteiger partial charge < -0.3 is 19.5 Å². The molecule has 11 nitrogen and oxygen atoms in total. The minimum atomic E-state index is -0.905. The van der Waals surface area contributed by atoms with Gasteiger partial charge in [0.25, 0.3) is 0 Å². The number of anilines is 1. The van der Waals surface area contributed by atoms with Crippen molar-refractivity contribution in [2.24, 2.45) is 0 Å². The van der Waals surface area contributed by atoms with E-state index in [1.807, 2.05) is 27.7 Å². The molecule has 1 aliphatic rings. The summed E-state index contributed by atoms with van der Waals surface area (Å²) in [5.41, 5.74) is 0.270. The number of hydrogen-bond acceptors (Lipinski definition) is 8. The lowest BCUT2D eigenvalue weighted by Crippen LogP contribution is -2.44. The topological polar surface area (TPSA) is 125 Å². The van der Waals surface area contributed by atoms with Crippen LogP contribution in [0.15, 0.2) is 16.9 Å². The lowest BCUT2D eigenvalue weighted by atomic mass is 9.90. The van der Waals surface area contributed by atoms with E-state index in [1.54, 1.807) is 52.4 Å². The van der Waals surface area contributed by atoms with Crippen LogP contribution >= 0.6 is 15.9 Å². The number of allylic oxidation sites excluding steroid dienone is 1. The van der Waals surface area contributed by atoms with E-state index in [2.05, 4.69) is 37.4 Å². The highest BCUT2D eigenvalue weighted by Gasteiger charge is 2.36. The number of nitrogens with zero attached hydrogens (tertiary/aromatic N) is 4. The van der Waals surface area contributed by atoms with Gasteiger partial charge in [0.1, 0.15) is 21.4 Å². The molecule has 1 atom stereocenters. The molecule has 0 radical (unpaired) electrons. The summed E-state index contributed by atoms with van der Waals surface area (Å²) in [4.78, 5) is 44.5. The Labute approximate surface area is 250 Å². The fourth-order valence-corrected chi connectivity index (χ4v) is 4.89. The largest absolute Gasteiger partial charge is 0.444 e. The number of hydrogen-bond donors (Lipinski definition) is 1. The highest BCUT2D eigenvalue weighted by molar-refractivity contribution is 9.10. The first-order valence-corrected chi connectivity index (χ1v) is 14.6. The number of fused-ring (bicyclic) bond motifs is 1. The molecule has 41 heavy (non-hydrogen) atoms. The number of imide groups is 1. The standard InChI is InChI=1S/C29H42BrN5O6/c1-11-34-21-19(17-12-14-18(15-13-17)32-24(36)39-27(2,3)4)16-31-23(20(21)22(30)33-34)35(25(37)40-28(5,6)7)26(38)41-29(8,9)10/h12,16,18H,11,13-15H2,1-10H3,(H,32,36). The number of carbonyl (C=O) groups excluding carboxylic acids is 3. The highest BCUT2D eigenvalue weighted by Crippen LogP contribution is 2.39. The van der Waals surface area contributed by atoms with Crippen LogP contribution in [0.5, 0.6) is 0 Å². The van der Waals surface area contributed by atoms with Crippen molar-refractivity contribution in [3.63, 3.8) is 0 Å². The Morgan fingerprint density at radius 2 is 1.56 bits per heavy atom. The maximum Gasteiger partial charge on any atom is 0.425 e. The van der Waals surface area contributed by atoms with E-state index in [9.17, 15) is 14.4 Å². The summed E-state index contributed by atoms with van der Waals surface area (Å²) < 4.78 is 18.8. The van der Waals surface area contributed by atoms with E-state index < -0.39 is 35.1 Å². The molecular weight excluding hydrogens is 594 g/mol. The van der Waals surface area contributed by atoms with Crippen LogP contribution in [-0.4, -0.2) is 55.9 Å². The van der Waals surface area contributed by atoms with E-state index in [4.69, 9.17) is 14.2 Å². The summed E-state index contributed by atoms with van der Waals surface area (Å²) in [5, 5.41) is 8.05. The Kier molecular flexibility index (Phi) is 9.46. The predicted molar refractivity (Wildman–Crippen MR) is 161 cm³/mol. The Balaban J connectivity index is 2.06. The monoisotopic (exact) mass is 635 g/mol. The Hall–Kier alpha value is -3.15. The smallest absolute Gasteiger partial charge is 0.425 e. The van der Waals surface area contributed by atoms with Gasteiger partial charge in [0.2, 0.25) is 0 Å². The lowest BCUT2D eigenvalue weighted by molar-refractivity contribution is 0.0426. The third-order valence-corrected chi connectivity index (χ3v) is 6.40. The van der Waals surface area contributed by atoms with Crippen molar-refractivity contribution in [1.29, 1.82) is 0 Å². The van der Waals surface area contributed by atoms with Crippen molar-refractivity contribution < 1.29 is 28.6 Å². The zero-order valence-electron chi connectivity index (χ0n) is 25.7. The quantitative estimate of drug-likeness (QED) is 0.346. The Bertz CT molecular complexity index is 1320. The molecule has 2 heterocycles. The number of halogens is 1. The van der Waals surface area contributed by atoms with E-state index in [-0.39, 0.29) is 11.9 Å². The molecule has 2 aromatic heterocycles. The van der Waals surface area contributed by atoms with Crippen LogP contribution in [0.1, 0.15) is 94.1 Å². The normalized spacial score (nSPS) is 16.2. The number of amides is 3. The molecule has 0 bridgehead atoms. The summed E-state index contributed by atoms with van der Waals surface area (Å²) in [6.45, 7) is 18.3. The van der Waals surface area contributed by atoms with Gasteiger partial charge in [0.05, 0.1) is 10.9 Å². The van der Waals surface area contributed by atoms with Gasteiger partial charge in [-0.2, -0.15) is 10.00 Å². The first kappa shape index (κ1) is 32.4. The van der Waals surface area contributed by atoms with Gasteiger partial charge in [0, 0.05) is 24.3 Å². The van der Waals surface area contributed by atoms with E-state index in [0.29, 0.717) is 41.3 Å². The van der Waals surface area contributed by atoms with Gasteiger partial charge in [-0.3, -0.25) is 4.68 Å². The summed E-state index contributed by atoms with van der Waals surface area (Å²) in [7, 11) is 0. The number of carbonyl (C=O) groups is 3. The van der Waals surface area contributed by atoms with Gasteiger partial charge in [-0.15, -0.1) is 0 Å². The molecule has 3 rings (SSSR count). The minimum Gasteiger partial charge on any atom is -0.444 e. The summed E-state index contributed by atoms with van der Waals surface area (Å²) in [6, 6.07) is -0.0611. The van der Waals surface area contributed by atoms with Crippen LogP contribution in [0.25, 0.3) is 16.5 Å². The van der Waals surface area contributed by atoms with Crippen molar-refractivity contribution in [3.05, 3.63) is 22.4 Å². The first-order chi connectivity index (χ1) is 18.8. The molecule has 1 unspecified atom stereocenters. The molecule has 0 saturated heterocycles. The van der Waals surface area contributed by atoms with Crippen molar-refractivity contribution in [3.8, 4) is 0 Å². The molecular formula is C29H42BrN5O6. The number of nitrogens with one attached hydrogen (secondary N) is 1. The van der Waals surface area contributed by atoms with Crippen LogP contribution < -0.4 is 10.2 Å². The van der Waals surface area contributed by atoms with Gasteiger partial charge in [-0.25, -0.2) is 19.4 Å². The van der Waals surface area contributed by atoms with Gasteiger partial charge in [0.15, 0.2) is 5.82 Å². The summed E-state index contributed by atoms with van der Waals surface area (Å²) in [6.07, 6.45) is 3.46. The molecule has 0 spiro atoms. The van der Waals surface area contributed by atoms with Crippen molar-refractivity contribution >= 4 is 56.5 Å². The molecule has 1 N–H and O–H groups in total. The fraction of sp³-hybridized carbons (Fsp3) is 0.621. The number of rotatable bonds is 4. The molecule has 0 aliphatic heterocycles. The maximum atomic E-state index is 13.4. The minimum absolute atomic E-state index is 0.0553. The van der Waals surface area contributed by atoms with E-state index in [0.717, 1.165) is 16.0 Å². The van der Waals surface area contributed by atoms with Crippen molar-refractivity contribution in [2.75, 3.05) is 4.90 Å². The number of aryl methyl sites for hydroxylation is 1. The molecule has 12 heteroatoms. The predicted octanol–water partition coefficient (Wildman–Crippen LogP) is 7.35. The van der Waals surface area contributed by atoms with E-state index >= 15 is 0 Å². The van der Waals surface area contributed by atoms with E-state index in [1.165, 1.54) is 0 Å². The van der Waals surface area contributed by atoms with Gasteiger partial charge in [-0.05, 0) is 110 Å². The van der Waals surface area contributed by atoms with Crippen LogP contribution in [0.3, 0.4) is 0 Å². The lowest BCUT2D eigenvalue weighted by Gasteiger charge is -2.29. The zero-order valence-corrected chi connectivity index (χ0v) is 27.3.